The minimum absolute atomic E-state index is 0.750. The number of benzene rings is 1. The third-order valence-electron chi connectivity index (χ3n) is 5.35. The van der Waals surface area contributed by atoms with E-state index in [-0.39, 0.29) is 0 Å². The monoisotopic (exact) mass is 270 g/mol. The lowest BCUT2D eigenvalue weighted by Gasteiger charge is -2.37. The van der Waals surface area contributed by atoms with Crippen molar-refractivity contribution in [2.75, 3.05) is 19.6 Å². The average Bonchev–Trinajstić information content (AvgIpc) is 3.29. The smallest absolute Gasteiger partial charge is 0.0195 e. The fraction of sp³-hybridized carbons (Fsp3) is 0.667. The van der Waals surface area contributed by atoms with Gasteiger partial charge in [-0.3, -0.25) is 4.90 Å². The van der Waals surface area contributed by atoms with Gasteiger partial charge in [0.1, 0.15) is 0 Å². The van der Waals surface area contributed by atoms with Gasteiger partial charge >= 0.3 is 0 Å². The Bertz CT molecular complexity index is 460. The summed E-state index contributed by atoms with van der Waals surface area (Å²) in [6, 6.07) is 10.7. The molecule has 1 aromatic rings. The Morgan fingerprint density at radius 3 is 2.70 bits per heavy atom. The number of nitrogens with one attached hydrogen (secondary N) is 1. The first-order chi connectivity index (χ1) is 9.90. The fourth-order valence-electron chi connectivity index (χ4n) is 3.98. The summed E-state index contributed by atoms with van der Waals surface area (Å²) in [5.41, 5.74) is 3.21. The zero-order valence-corrected chi connectivity index (χ0v) is 12.4. The summed E-state index contributed by atoms with van der Waals surface area (Å²) in [6.45, 7) is 3.80. The maximum absolute atomic E-state index is 3.72. The molecular formula is C18H26N2. The Kier molecular flexibility index (Phi) is 3.53. The highest BCUT2D eigenvalue weighted by Crippen LogP contribution is 2.38. The van der Waals surface area contributed by atoms with Gasteiger partial charge in [-0.1, -0.05) is 30.7 Å². The van der Waals surface area contributed by atoms with Gasteiger partial charge in [-0.2, -0.15) is 0 Å². The van der Waals surface area contributed by atoms with E-state index in [1.807, 2.05) is 0 Å². The predicted octanol–water partition coefficient (Wildman–Crippen LogP) is 2.93. The lowest BCUT2D eigenvalue weighted by atomic mass is 9.77. The summed E-state index contributed by atoms with van der Waals surface area (Å²) in [6.07, 6.45) is 8.34. The molecule has 1 aliphatic heterocycles. The van der Waals surface area contributed by atoms with Crippen molar-refractivity contribution < 1.29 is 0 Å². The van der Waals surface area contributed by atoms with Crippen LogP contribution in [0, 0.1) is 0 Å². The summed E-state index contributed by atoms with van der Waals surface area (Å²) >= 11 is 0. The van der Waals surface area contributed by atoms with Gasteiger partial charge in [-0.05, 0) is 49.8 Å². The third kappa shape index (κ3) is 2.64. The molecule has 4 rings (SSSR count). The summed E-state index contributed by atoms with van der Waals surface area (Å²) in [4.78, 5) is 2.80. The number of fused-ring (bicyclic) bond motifs is 1. The quantitative estimate of drug-likeness (QED) is 0.885. The van der Waals surface area contributed by atoms with Gasteiger partial charge in [0.25, 0.3) is 0 Å². The number of nitrogens with zero attached hydrogens (tertiary/aromatic N) is 1. The van der Waals surface area contributed by atoms with Crippen LogP contribution in [0.3, 0.4) is 0 Å². The SMILES string of the molecule is c1ccc2c(c1)CC2CN(CC1CCCCN1)C1CC1. The van der Waals surface area contributed by atoms with E-state index in [2.05, 4.69) is 34.5 Å². The first-order valence-corrected chi connectivity index (χ1v) is 8.45. The molecule has 0 aromatic heterocycles. The van der Waals surface area contributed by atoms with E-state index in [4.69, 9.17) is 0 Å². The van der Waals surface area contributed by atoms with Crippen molar-refractivity contribution in [2.45, 2.75) is 56.5 Å². The second-order valence-electron chi connectivity index (χ2n) is 6.93. The van der Waals surface area contributed by atoms with E-state index in [0.29, 0.717) is 0 Å². The normalized spacial score (nSPS) is 29.1. The van der Waals surface area contributed by atoms with Gasteiger partial charge in [0, 0.05) is 31.1 Å². The maximum atomic E-state index is 3.72. The highest BCUT2D eigenvalue weighted by Gasteiger charge is 2.35. The topological polar surface area (TPSA) is 15.3 Å². The van der Waals surface area contributed by atoms with Crippen molar-refractivity contribution in [3.8, 4) is 0 Å². The third-order valence-corrected chi connectivity index (χ3v) is 5.35. The number of hydrogen-bond acceptors (Lipinski definition) is 2. The van der Waals surface area contributed by atoms with E-state index in [1.165, 1.54) is 58.2 Å². The van der Waals surface area contributed by atoms with Crippen LogP contribution in [0.1, 0.15) is 49.1 Å². The minimum Gasteiger partial charge on any atom is -0.313 e. The standard InChI is InChI=1S/C18H26N2/c1-2-7-18-14(5-1)11-15(18)12-20(17-8-9-17)13-16-6-3-4-10-19-16/h1-2,5,7,15-17,19H,3-4,6,8-13H2. The molecule has 1 saturated carbocycles. The molecule has 2 atom stereocenters. The molecule has 1 N–H and O–H groups in total. The second kappa shape index (κ2) is 5.50. The van der Waals surface area contributed by atoms with Crippen LogP contribution in [0.4, 0.5) is 0 Å². The Labute approximate surface area is 122 Å². The molecule has 0 radical (unpaired) electrons. The molecule has 1 heterocycles. The van der Waals surface area contributed by atoms with E-state index in [9.17, 15) is 0 Å². The maximum Gasteiger partial charge on any atom is 0.0195 e. The van der Waals surface area contributed by atoms with E-state index in [1.54, 1.807) is 11.1 Å². The highest BCUT2D eigenvalue weighted by molar-refractivity contribution is 5.40. The van der Waals surface area contributed by atoms with Crippen LogP contribution >= 0.6 is 0 Å². The molecule has 1 aromatic carbocycles. The summed E-state index contributed by atoms with van der Waals surface area (Å²) in [7, 11) is 0. The molecule has 2 aliphatic carbocycles. The minimum atomic E-state index is 0.750. The van der Waals surface area contributed by atoms with Gasteiger partial charge in [0.15, 0.2) is 0 Å². The van der Waals surface area contributed by atoms with Crippen LogP contribution in [-0.2, 0) is 6.42 Å². The van der Waals surface area contributed by atoms with Gasteiger partial charge in [0.05, 0.1) is 0 Å². The van der Waals surface area contributed by atoms with Crippen molar-refractivity contribution in [3.05, 3.63) is 35.4 Å². The molecule has 2 nitrogen and oxygen atoms in total. The predicted molar refractivity (Wildman–Crippen MR) is 83.1 cm³/mol. The Morgan fingerprint density at radius 2 is 1.95 bits per heavy atom. The zero-order chi connectivity index (χ0) is 13.4. The molecule has 0 amide bonds. The average molecular weight is 270 g/mol. The molecule has 2 heteroatoms. The molecule has 0 bridgehead atoms. The summed E-state index contributed by atoms with van der Waals surface area (Å²) in [5, 5.41) is 3.72. The van der Waals surface area contributed by atoms with Crippen LogP contribution in [0.25, 0.3) is 0 Å². The second-order valence-corrected chi connectivity index (χ2v) is 6.93. The Morgan fingerprint density at radius 1 is 1.05 bits per heavy atom. The molecule has 2 fully saturated rings. The molecule has 0 spiro atoms. The highest BCUT2D eigenvalue weighted by atomic mass is 15.2. The van der Waals surface area contributed by atoms with Gasteiger partial charge < -0.3 is 5.32 Å². The zero-order valence-electron chi connectivity index (χ0n) is 12.4. The number of piperidine rings is 1. The molecule has 1 saturated heterocycles. The largest absolute Gasteiger partial charge is 0.313 e. The lowest BCUT2D eigenvalue weighted by molar-refractivity contribution is 0.199. The molecule has 3 aliphatic rings. The van der Waals surface area contributed by atoms with Crippen molar-refractivity contribution >= 4 is 0 Å². The van der Waals surface area contributed by atoms with E-state index in [0.717, 1.165) is 18.0 Å². The first kappa shape index (κ1) is 12.8. The van der Waals surface area contributed by atoms with Crippen molar-refractivity contribution in [3.63, 3.8) is 0 Å². The van der Waals surface area contributed by atoms with Crippen LogP contribution < -0.4 is 5.32 Å². The molecular weight excluding hydrogens is 244 g/mol. The Balaban J connectivity index is 1.37. The Hall–Kier alpha value is -0.860. The van der Waals surface area contributed by atoms with Crippen molar-refractivity contribution in [2.24, 2.45) is 0 Å². The van der Waals surface area contributed by atoms with E-state index >= 15 is 0 Å². The van der Waals surface area contributed by atoms with Crippen LogP contribution in [0.2, 0.25) is 0 Å². The van der Waals surface area contributed by atoms with Gasteiger partial charge in [-0.15, -0.1) is 0 Å². The molecule has 2 unspecified atom stereocenters. The molecule has 108 valence electrons. The van der Waals surface area contributed by atoms with Crippen LogP contribution in [-0.4, -0.2) is 36.6 Å². The van der Waals surface area contributed by atoms with Crippen molar-refractivity contribution in [1.29, 1.82) is 0 Å². The first-order valence-electron chi connectivity index (χ1n) is 8.45. The fourth-order valence-corrected chi connectivity index (χ4v) is 3.98. The summed E-state index contributed by atoms with van der Waals surface area (Å²) < 4.78 is 0. The van der Waals surface area contributed by atoms with Gasteiger partial charge in [-0.25, -0.2) is 0 Å². The van der Waals surface area contributed by atoms with Crippen molar-refractivity contribution in [1.82, 2.24) is 10.2 Å². The molecule has 20 heavy (non-hydrogen) atoms. The number of hydrogen-bond donors (Lipinski definition) is 1. The van der Waals surface area contributed by atoms with Crippen LogP contribution in [0.15, 0.2) is 24.3 Å². The lowest BCUT2D eigenvalue weighted by Crippen LogP contribution is -2.46. The van der Waals surface area contributed by atoms with Gasteiger partial charge in [0.2, 0.25) is 0 Å². The summed E-state index contributed by atoms with van der Waals surface area (Å²) in [5.74, 6) is 0.801. The number of rotatable bonds is 5. The van der Waals surface area contributed by atoms with Crippen LogP contribution in [0.5, 0.6) is 0 Å². The van der Waals surface area contributed by atoms with E-state index < -0.39 is 0 Å².